The molecule has 25 heavy (non-hydrogen) atoms. The Morgan fingerprint density at radius 1 is 1.24 bits per heavy atom. The quantitative estimate of drug-likeness (QED) is 0.611. The van der Waals surface area contributed by atoms with Gasteiger partial charge in [0.25, 0.3) is 0 Å². The van der Waals surface area contributed by atoms with Crippen LogP contribution in [0.25, 0.3) is 0 Å². The number of hydrogen-bond donors (Lipinski definition) is 0. The fourth-order valence-corrected chi connectivity index (χ4v) is 3.59. The van der Waals surface area contributed by atoms with Gasteiger partial charge in [0.05, 0.1) is 12.0 Å². The van der Waals surface area contributed by atoms with Crippen molar-refractivity contribution in [1.82, 2.24) is 4.90 Å². The molecule has 0 N–H and O–H groups in total. The lowest BCUT2D eigenvalue weighted by Crippen LogP contribution is -2.28. The van der Waals surface area contributed by atoms with E-state index in [0.717, 1.165) is 12.8 Å². The Hall–Kier alpha value is -1.82. The Morgan fingerprint density at radius 3 is 2.72 bits per heavy atom. The van der Waals surface area contributed by atoms with Crippen LogP contribution in [0.5, 0.6) is 0 Å². The van der Waals surface area contributed by atoms with Crippen molar-refractivity contribution < 1.29 is 4.79 Å². The molecule has 1 heterocycles. The lowest BCUT2D eigenvalue weighted by Gasteiger charge is -2.17. The van der Waals surface area contributed by atoms with Crippen molar-refractivity contribution in [2.24, 2.45) is 17.3 Å². The highest BCUT2D eigenvalue weighted by atomic mass is 16.2. The Bertz CT molecular complexity index is 592. The summed E-state index contributed by atoms with van der Waals surface area (Å²) in [7, 11) is 0. The minimum atomic E-state index is -0.102. The van der Waals surface area contributed by atoms with Gasteiger partial charge in [0.2, 0.25) is 5.91 Å². The highest BCUT2D eigenvalue weighted by Crippen LogP contribution is 2.33. The zero-order valence-corrected chi connectivity index (χ0v) is 16.0. The number of nitrogens with zero attached hydrogens (tertiary/aromatic N) is 2. The first-order chi connectivity index (χ1) is 12.0. The molecule has 3 heteroatoms. The fourth-order valence-electron chi connectivity index (χ4n) is 3.59. The molecule has 136 valence electrons. The van der Waals surface area contributed by atoms with Crippen LogP contribution >= 0.6 is 0 Å². The Balaban J connectivity index is 1.94. The standard InChI is InChI=1S/C22H32N2O/c1-4-5-6-7-8-11-21(25)24-16-19(15-23)20(17-24)18-10-9-13-22(2,3)14-12-18/h9-10,12-14,19-20H,4-8,11,16-17H2,1-3H3. The third-order valence-electron chi connectivity index (χ3n) is 5.28. The van der Waals surface area contributed by atoms with E-state index in [9.17, 15) is 10.1 Å². The molecule has 2 aliphatic rings. The predicted molar refractivity (Wildman–Crippen MR) is 103 cm³/mol. The second-order valence-electron chi connectivity index (χ2n) is 7.99. The van der Waals surface area contributed by atoms with Crippen molar-refractivity contribution in [3.8, 4) is 6.07 Å². The average molecular weight is 341 g/mol. The number of amides is 1. The van der Waals surface area contributed by atoms with E-state index < -0.39 is 0 Å². The van der Waals surface area contributed by atoms with Gasteiger partial charge in [-0.15, -0.1) is 0 Å². The van der Waals surface area contributed by atoms with Gasteiger partial charge < -0.3 is 4.90 Å². The first kappa shape index (κ1) is 19.5. The maximum atomic E-state index is 12.5. The van der Waals surface area contributed by atoms with E-state index in [1.54, 1.807) is 0 Å². The van der Waals surface area contributed by atoms with Gasteiger partial charge in [-0.2, -0.15) is 5.26 Å². The summed E-state index contributed by atoms with van der Waals surface area (Å²) < 4.78 is 0. The second kappa shape index (κ2) is 9.04. The molecule has 0 radical (unpaired) electrons. The van der Waals surface area contributed by atoms with E-state index in [1.165, 1.54) is 24.8 Å². The van der Waals surface area contributed by atoms with Crippen LogP contribution in [0.4, 0.5) is 0 Å². The lowest BCUT2D eigenvalue weighted by molar-refractivity contribution is -0.130. The van der Waals surface area contributed by atoms with Crippen molar-refractivity contribution in [1.29, 1.82) is 5.26 Å². The molecule has 0 aromatic carbocycles. The van der Waals surface area contributed by atoms with Crippen LogP contribution in [0.1, 0.15) is 59.3 Å². The molecule has 3 nitrogen and oxygen atoms in total. The number of carbonyl (C=O) groups excluding carboxylic acids is 1. The van der Waals surface area contributed by atoms with Gasteiger partial charge >= 0.3 is 0 Å². The molecule has 0 aromatic heterocycles. The number of rotatable bonds is 7. The average Bonchev–Trinajstić information content (AvgIpc) is 2.93. The number of allylic oxidation sites excluding steroid dienone is 5. The summed E-state index contributed by atoms with van der Waals surface area (Å²) in [4.78, 5) is 14.4. The summed E-state index contributed by atoms with van der Waals surface area (Å²) in [5.74, 6) is 0.242. The third-order valence-corrected chi connectivity index (χ3v) is 5.28. The first-order valence-corrected chi connectivity index (χ1v) is 9.73. The number of nitriles is 1. The van der Waals surface area contributed by atoms with Crippen molar-refractivity contribution in [3.63, 3.8) is 0 Å². The van der Waals surface area contributed by atoms with Crippen LogP contribution in [0, 0.1) is 28.6 Å². The summed E-state index contributed by atoms with van der Waals surface area (Å²) in [5, 5.41) is 9.56. The summed E-state index contributed by atoms with van der Waals surface area (Å²) >= 11 is 0. The molecule has 0 aromatic rings. The SMILES string of the molecule is CCCCCCCC(=O)N1CC(C#N)C(C2=CC=CC(C)(C)C=C2)C1. The maximum absolute atomic E-state index is 12.5. The van der Waals surface area contributed by atoms with E-state index in [1.807, 2.05) is 4.90 Å². The molecule has 1 fully saturated rings. The van der Waals surface area contributed by atoms with Gasteiger partial charge in [-0.05, 0) is 12.0 Å². The Morgan fingerprint density at radius 2 is 2.00 bits per heavy atom. The fraction of sp³-hybridized carbons (Fsp3) is 0.636. The molecule has 2 atom stereocenters. The normalized spacial score (nSPS) is 24.7. The number of likely N-dealkylation sites (tertiary alicyclic amines) is 1. The van der Waals surface area contributed by atoms with Crippen molar-refractivity contribution in [2.45, 2.75) is 59.3 Å². The van der Waals surface area contributed by atoms with Crippen LogP contribution in [0.15, 0.2) is 36.0 Å². The van der Waals surface area contributed by atoms with Crippen molar-refractivity contribution in [2.75, 3.05) is 13.1 Å². The van der Waals surface area contributed by atoms with E-state index >= 15 is 0 Å². The molecule has 2 rings (SSSR count). The summed E-state index contributed by atoms with van der Waals surface area (Å²) in [5.41, 5.74) is 1.21. The van der Waals surface area contributed by atoms with Gasteiger partial charge in [0, 0.05) is 30.8 Å². The largest absolute Gasteiger partial charge is 0.341 e. The molecule has 1 aliphatic carbocycles. The van der Waals surface area contributed by atoms with Crippen LogP contribution in [-0.4, -0.2) is 23.9 Å². The zero-order chi connectivity index (χ0) is 18.3. The summed E-state index contributed by atoms with van der Waals surface area (Å²) in [6.07, 6.45) is 17.1. The lowest BCUT2D eigenvalue weighted by atomic mass is 9.88. The monoisotopic (exact) mass is 340 g/mol. The molecule has 2 unspecified atom stereocenters. The van der Waals surface area contributed by atoms with E-state index in [0.29, 0.717) is 19.5 Å². The van der Waals surface area contributed by atoms with Crippen LogP contribution < -0.4 is 0 Å². The highest BCUT2D eigenvalue weighted by molar-refractivity contribution is 5.76. The second-order valence-corrected chi connectivity index (χ2v) is 7.99. The molecule has 0 spiro atoms. The first-order valence-electron chi connectivity index (χ1n) is 9.73. The third kappa shape index (κ3) is 5.59. The van der Waals surface area contributed by atoms with Gasteiger partial charge in [-0.3, -0.25) is 4.79 Å². The van der Waals surface area contributed by atoms with Crippen LogP contribution in [0.3, 0.4) is 0 Å². The molecular formula is C22H32N2O. The van der Waals surface area contributed by atoms with E-state index in [-0.39, 0.29) is 23.2 Å². The van der Waals surface area contributed by atoms with E-state index in [2.05, 4.69) is 57.2 Å². The topological polar surface area (TPSA) is 44.1 Å². The summed E-state index contributed by atoms with van der Waals surface area (Å²) in [6.45, 7) is 7.79. The Labute approximate surface area is 153 Å². The predicted octanol–water partition coefficient (Wildman–Crippen LogP) is 5.02. The Kier molecular flexibility index (Phi) is 7.05. The van der Waals surface area contributed by atoms with Crippen molar-refractivity contribution >= 4 is 5.91 Å². The molecule has 1 aliphatic heterocycles. The van der Waals surface area contributed by atoms with Gasteiger partial charge in [-0.1, -0.05) is 76.8 Å². The number of hydrogen-bond acceptors (Lipinski definition) is 2. The minimum absolute atomic E-state index is 0.0347. The molecule has 0 bridgehead atoms. The maximum Gasteiger partial charge on any atom is 0.222 e. The number of carbonyl (C=O) groups is 1. The van der Waals surface area contributed by atoms with E-state index in [4.69, 9.17) is 0 Å². The molecule has 0 saturated carbocycles. The minimum Gasteiger partial charge on any atom is -0.341 e. The van der Waals surface area contributed by atoms with Crippen LogP contribution in [-0.2, 0) is 4.79 Å². The summed E-state index contributed by atoms with van der Waals surface area (Å²) in [6, 6.07) is 2.43. The van der Waals surface area contributed by atoms with Gasteiger partial charge in [-0.25, -0.2) is 0 Å². The molecule has 1 amide bonds. The number of unbranched alkanes of at least 4 members (excludes halogenated alkanes) is 4. The van der Waals surface area contributed by atoms with Gasteiger partial charge in [0.15, 0.2) is 0 Å². The zero-order valence-electron chi connectivity index (χ0n) is 16.0. The molecular weight excluding hydrogens is 308 g/mol. The molecule has 1 saturated heterocycles. The van der Waals surface area contributed by atoms with Gasteiger partial charge in [0.1, 0.15) is 0 Å². The smallest absolute Gasteiger partial charge is 0.222 e. The highest BCUT2D eigenvalue weighted by Gasteiger charge is 2.36. The van der Waals surface area contributed by atoms with Crippen molar-refractivity contribution in [3.05, 3.63) is 36.0 Å². The van der Waals surface area contributed by atoms with Crippen LogP contribution in [0.2, 0.25) is 0 Å².